The van der Waals surface area contributed by atoms with E-state index in [2.05, 4.69) is 9.80 Å². The van der Waals surface area contributed by atoms with Crippen LogP contribution >= 0.6 is 24.8 Å². The van der Waals surface area contributed by atoms with Crippen LogP contribution in [0.4, 0.5) is 0 Å². The predicted octanol–water partition coefficient (Wildman–Crippen LogP) is 2.54. The highest BCUT2D eigenvalue weighted by atomic mass is 35.5. The maximum Gasteiger partial charge on any atom is 0.226 e. The molecule has 0 spiro atoms. The third-order valence-electron chi connectivity index (χ3n) is 5.92. The summed E-state index contributed by atoms with van der Waals surface area (Å²) in [6.45, 7) is 6.48. The largest absolute Gasteiger partial charge is 0.342 e. The van der Waals surface area contributed by atoms with E-state index in [1.807, 2.05) is 0 Å². The summed E-state index contributed by atoms with van der Waals surface area (Å²) >= 11 is 0. The Balaban J connectivity index is 0.00000132. The Labute approximate surface area is 153 Å². The molecule has 0 bridgehead atoms. The summed E-state index contributed by atoms with van der Waals surface area (Å²) in [5.74, 6) is 1.88. The number of hydrogen-bond donors (Lipinski definition) is 1. The Hall–Kier alpha value is -0.0300. The van der Waals surface area contributed by atoms with Crippen molar-refractivity contribution in [1.82, 2.24) is 9.80 Å². The maximum atomic E-state index is 12.7. The van der Waals surface area contributed by atoms with Gasteiger partial charge in [-0.15, -0.1) is 24.8 Å². The summed E-state index contributed by atoms with van der Waals surface area (Å²) < 4.78 is 0. The highest BCUT2D eigenvalue weighted by molar-refractivity contribution is 5.85. The van der Waals surface area contributed by atoms with Crippen molar-refractivity contribution in [2.45, 2.75) is 44.9 Å². The summed E-state index contributed by atoms with van der Waals surface area (Å²) in [4.78, 5) is 17.4. The molecule has 3 aliphatic rings. The lowest BCUT2D eigenvalue weighted by Gasteiger charge is -2.36. The van der Waals surface area contributed by atoms with Crippen molar-refractivity contribution >= 4 is 30.7 Å². The van der Waals surface area contributed by atoms with Crippen molar-refractivity contribution in [1.29, 1.82) is 0 Å². The number of carbonyl (C=O) groups excluding carboxylic acids is 1. The molecule has 0 radical (unpaired) electrons. The second kappa shape index (κ2) is 10.1. The Morgan fingerprint density at radius 3 is 2.17 bits per heavy atom. The molecule has 0 aromatic heterocycles. The number of nitrogens with zero attached hydrogens (tertiary/aromatic N) is 2. The average Bonchev–Trinajstić information content (AvgIpc) is 3.18. The summed E-state index contributed by atoms with van der Waals surface area (Å²) in [6.07, 6.45) is 8.54. The van der Waals surface area contributed by atoms with Gasteiger partial charge in [0.1, 0.15) is 0 Å². The number of amides is 1. The standard InChI is InChI=1S/C17H31N3O.2ClH/c18-12-15-4-3-5-16(15)17(21)20-10-6-14(7-11-20)13-19-8-1-2-9-19;;/h14-16H,1-13,18H2;2*1H/t15-,16-;;/m1../s1. The van der Waals surface area contributed by atoms with Gasteiger partial charge in [-0.3, -0.25) is 4.79 Å². The summed E-state index contributed by atoms with van der Waals surface area (Å²) in [7, 11) is 0. The van der Waals surface area contributed by atoms with E-state index in [4.69, 9.17) is 5.73 Å². The Kier molecular flexibility index (Phi) is 9.20. The second-order valence-electron chi connectivity index (χ2n) is 7.31. The summed E-state index contributed by atoms with van der Waals surface area (Å²) in [6, 6.07) is 0. The SMILES string of the molecule is Cl.Cl.NC[C@H]1CCC[C@H]1C(=O)N1CCC(CN2CCCC2)CC1. The number of likely N-dealkylation sites (tertiary alicyclic amines) is 2. The van der Waals surface area contributed by atoms with Gasteiger partial charge in [-0.1, -0.05) is 6.42 Å². The number of piperidine rings is 1. The fourth-order valence-corrected chi connectivity index (χ4v) is 4.54. The van der Waals surface area contributed by atoms with Gasteiger partial charge >= 0.3 is 0 Å². The number of carbonyl (C=O) groups is 1. The molecule has 23 heavy (non-hydrogen) atoms. The van der Waals surface area contributed by atoms with Crippen LogP contribution in [0.2, 0.25) is 0 Å². The minimum absolute atomic E-state index is 0. The van der Waals surface area contributed by atoms with Crippen molar-refractivity contribution in [2.24, 2.45) is 23.5 Å². The number of hydrogen-bond acceptors (Lipinski definition) is 3. The zero-order valence-electron chi connectivity index (χ0n) is 14.1. The fourth-order valence-electron chi connectivity index (χ4n) is 4.54. The minimum atomic E-state index is 0. The van der Waals surface area contributed by atoms with Crippen molar-refractivity contribution in [2.75, 3.05) is 39.3 Å². The van der Waals surface area contributed by atoms with Crippen LogP contribution in [0.15, 0.2) is 0 Å². The van der Waals surface area contributed by atoms with Crippen LogP contribution in [-0.2, 0) is 4.79 Å². The molecule has 1 saturated carbocycles. The highest BCUT2D eigenvalue weighted by Gasteiger charge is 2.36. The molecule has 0 aromatic carbocycles. The Morgan fingerprint density at radius 1 is 0.913 bits per heavy atom. The molecular weight excluding hydrogens is 333 g/mol. The van der Waals surface area contributed by atoms with Crippen LogP contribution in [0.5, 0.6) is 0 Å². The smallest absolute Gasteiger partial charge is 0.226 e. The Bertz CT molecular complexity index is 356. The fraction of sp³-hybridized carbons (Fsp3) is 0.941. The van der Waals surface area contributed by atoms with Crippen molar-refractivity contribution in [3.8, 4) is 0 Å². The van der Waals surface area contributed by atoms with Crippen molar-refractivity contribution in [3.63, 3.8) is 0 Å². The van der Waals surface area contributed by atoms with Gasteiger partial charge in [0.15, 0.2) is 0 Å². The van der Waals surface area contributed by atoms with Crippen LogP contribution in [-0.4, -0.2) is 55.0 Å². The minimum Gasteiger partial charge on any atom is -0.342 e. The molecule has 0 unspecified atom stereocenters. The van der Waals surface area contributed by atoms with E-state index in [0.29, 0.717) is 18.4 Å². The molecule has 6 heteroatoms. The van der Waals surface area contributed by atoms with Crippen molar-refractivity contribution in [3.05, 3.63) is 0 Å². The predicted molar refractivity (Wildman–Crippen MR) is 99.4 cm³/mol. The number of halogens is 2. The van der Waals surface area contributed by atoms with Crippen LogP contribution in [0.25, 0.3) is 0 Å². The number of nitrogens with two attached hydrogens (primary N) is 1. The van der Waals surface area contributed by atoms with Gasteiger partial charge in [0.25, 0.3) is 0 Å². The molecule has 0 aromatic rings. The van der Waals surface area contributed by atoms with E-state index in [1.54, 1.807) is 0 Å². The quantitative estimate of drug-likeness (QED) is 0.832. The lowest BCUT2D eigenvalue weighted by Crippen LogP contribution is -2.45. The van der Waals surface area contributed by atoms with E-state index in [-0.39, 0.29) is 30.7 Å². The zero-order chi connectivity index (χ0) is 14.7. The summed E-state index contributed by atoms with van der Waals surface area (Å²) in [5.41, 5.74) is 5.83. The molecule has 1 amide bonds. The molecule has 2 atom stereocenters. The molecule has 2 aliphatic heterocycles. The van der Waals surface area contributed by atoms with Gasteiger partial charge in [-0.25, -0.2) is 0 Å². The van der Waals surface area contributed by atoms with Gasteiger partial charge < -0.3 is 15.5 Å². The molecule has 136 valence electrons. The highest BCUT2D eigenvalue weighted by Crippen LogP contribution is 2.33. The van der Waals surface area contributed by atoms with Gasteiger partial charge in [-0.2, -0.15) is 0 Å². The van der Waals surface area contributed by atoms with E-state index in [1.165, 1.54) is 51.7 Å². The van der Waals surface area contributed by atoms with E-state index >= 15 is 0 Å². The zero-order valence-corrected chi connectivity index (χ0v) is 15.8. The normalized spacial score (nSPS) is 29.2. The second-order valence-corrected chi connectivity index (χ2v) is 7.31. The molecule has 3 fully saturated rings. The molecule has 4 nitrogen and oxygen atoms in total. The third-order valence-corrected chi connectivity index (χ3v) is 5.92. The van der Waals surface area contributed by atoms with Crippen LogP contribution in [0.3, 0.4) is 0 Å². The van der Waals surface area contributed by atoms with Gasteiger partial charge in [0, 0.05) is 25.6 Å². The molecule has 2 saturated heterocycles. The first-order valence-corrected chi connectivity index (χ1v) is 8.99. The maximum absolute atomic E-state index is 12.7. The average molecular weight is 366 g/mol. The van der Waals surface area contributed by atoms with Crippen LogP contribution < -0.4 is 5.73 Å². The monoisotopic (exact) mass is 365 g/mol. The van der Waals surface area contributed by atoms with Gasteiger partial charge in [0.2, 0.25) is 5.91 Å². The molecule has 3 rings (SSSR count). The lowest BCUT2D eigenvalue weighted by molar-refractivity contribution is -0.138. The van der Waals surface area contributed by atoms with E-state index < -0.39 is 0 Å². The number of rotatable bonds is 4. The molecular formula is C17H33Cl2N3O. The van der Waals surface area contributed by atoms with Crippen molar-refractivity contribution < 1.29 is 4.79 Å². The first-order chi connectivity index (χ1) is 10.3. The van der Waals surface area contributed by atoms with Gasteiger partial charge in [-0.05, 0) is 70.0 Å². The van der Waals surface area contributed by atoms with E-state index in [0.717, 1.165) is 31.8 Å². The molecule has 2 heterocycles. The Morgan fingerprint density at radius 2 is 1.57 bits per heavy atom. The summed E-state index contributed by atoms with van der Waals surface area (Å²) in [5, 5.41) is 0. The lowest BCUT2D eigenvalue weighted by atomic mass is 9.91. The van der Waals surface area contributed by atoms with Gasteiger partial charge in [0.05, 0.1) is 0 Å². The van der Waals surface area contributed by atoms with E-state index in [9.17, 15) is 4.79 Å². The topological polar surface area (TPSA) is 49.6 Å². The first kappa shape index (κ1) is 21.0. The first-order valence-electron chi connectivity index (χ1n) is 8.99. The third kappa shape index (κ3) is 5.22. The molecule has 1 aliphatic carbocycles. The van der Waals surface area contributed by atoms with Crippen LogP contribution in [0, 0.1) is 17.8 Å². The van der Waals surface area contributed by atoms with Crippen LogP contribution in [0.1, 0.15) is 44.9 Å². The molecule has 2 N–H and O–H groups in total.